The van der Waals surface area contributed by atoms with Gasteiger partial charge >= 0.3 is 0 Å². The topological polar surface area (TPSA) is 53.8 Å². The van der Waals surface area contributed by atoms with Gasteiger partial charge < -0.3 is 9.84 Å². The molecule has 1 aliphatic rings. The third-order valence-corrected chi connectivity index (χ3v) is 6.00. The van der Waals surface area contributed by atoms with E-state index in [4.69, 9.17) is 9.73 Å². The highest BCUT2D eigenvalue weighted by molar-refractivity contribution is 7.10. The van der Waals surface area contributed by atoms with Crippen molar-refractivity contribution in [2.75, 3.05) is 7.11 Å². The minimum absolute atomic E-state index is 0.00713. The standard InChI is InChI=1S/C22H22N2O2S/c1-14-11-12-27-21(14)22-23-18(15-7-9-16(26-2)10-8-15)13-19(24-22)17-5-3-4-6-20(17)25/h3-12,19,22,24-25H,13H2,1-2H3. The third-order valence-electron chi connectivity index (χ3n) is 4.93. The van der Waals surface area contributed by atoms with Gasteiger partial charge in [0.05, 0.1) is 7.11 Å². The summed E-state index contributed by atoms with van der Waals surface area (Å²) in [7, 11) is 1.67. The summed E-state index contributed by atoms with van der Waals surface area (Å²) in [5.74, 6) is 1.14. The Morgan fingerprint density at radius 1 is 1.11 bits per heavy atom. The molecule has 5 heteroatoms. The summed E-state index contributed by atoms with van der Waals surface area (Å²) in [6.45, 7) is 2.11. The van der Waals surface area contributed by atoms with E-state index in [1.807, 2.05) is 42.5 Å². The number of ether oxygens (including phenoxy) is 1. The van der Waals surface area contributed by atoms with Gasteiger partial charge in [0, 0.05) is 28.6 Å². The Kier molecular flexibility index (Phi) is 4.97. The van der Waals surface area contributed by atoms with Gasteiger partial charge in [-0.15, -0.1) is 11.3 Å². The van der Waals surface area contributed by atoms with Crippen LogP contribution in [0.15, 0.2) is 65.0 Å². The molecule has 27 heavy (non-hydrogen) atoms. The van der Waals surface area contributed by atoms with E-state index in [9.17, 15) is 5.11 Å². The number of nitrogens with zero attached hydrogens (tertiary/aromatic N) is 1. The molecule has 0 fully saturated rings. The summed E-state index contributed by atoms with van der Waals surface area (Å²) in [5, 5.41) is 16.1. The maximum atomic E-state index is 10.4. The van der Waals surface area contributed by atoms with Crippen molar-refractivity contribution in [3.63, 3.8) is 0 Å². The number of phenols is 1. The van der Waals surface area contributed by atoms with Gasteiger partial charge in [0.1, 0.15) is 17.7 Å². The lowest BCUT2D eigenvalue weighted by Gasteiger charge is -2.30. The van der Waals surface area contributed by atoms with E-state index >= 15 is 0 Å². The van der Waals surface area contributed by atoms with Crippen LogP contribution in [-0.4, -0.2) is 17.9 Å². The SMILES string of the molecule is COc1ccc(C2=NC(c3sccc3C)NC(c3ccccc3O)C2)cc1. The van der Waals surface area contributed by atoms with Crippen molar-refractivity contribution in [1.29, 1.82) is 0 Å². The summed E-state index contributed by atoms with van der Waals surface area (Å²) in [6.07, 6.45) is 0.589. The maximum Gasteiger partial charge on any atom is 0.135 e. The Hall–Kier alpha value is -2.63. The van der Waals surface area contributed by atoms with Crippen LogP contribution in [0.25, 0.3) is 0 Å². The summed E-state index contributed by atoms with van der Waals surface area (Å²) in [5.41, 5.74) is 4.24. The second-order valence-electron chi connectivity index (χ2n) is 6.66. The number of phenolic OH excluding ortho intramolecular Hbond substituents is 1. The molecular formula is C22H22N2O2S. The van der Waals surface area contributed by atoms with Crippen molar-refractivity contribution in [2.24, 2.45) is 4.99 Å². The van der Waals surface area contributed by atoms with Gasteiger partial charge in [-0.25, -0.2) is 0 Å². The van der Waals surface area contributed by atoms with Gasteiger partial charge in [0.15, 0.2) is 0 Å². The second-order valence-corrected chi connectivity index (χ2v) is 7.60. The molecule has 1 aliphatic heterocycles. The molecule has 0 bridgehead atoms. The molecule has 3 aromatic rings. The van der Waals surface area contributed by atoms with E-state index in [-0.39, 0.29) is 12.2 Å². The van der Waals surface area contributed by atoms with Crippen molar-refractivity contribution >= 4 is 17.0 Å². The van der Waals surface area contributed by atoms with E-state index in [0.29, 0.717) is 12.2 Å². The minimum atomic E-state index is -0.125. The van der Waals surface area contributed by atoms with Gasteiger partial charge in [-0.1, -0.05) is 18.2 Å². The molecule has 2 heterocycles. The quantitative estimate of drug-likeness (QED) is 0.672. The molecule has 2 atom stereocenters. The van der Waals surface area contributed by atoms with Crippen LogP contribution in [0.1, 0.15) is 40.2 Å². The van der Waals surface area contributed by atoms with Gasteiger partial charge in [-0.3, -0.25) is 10.3 Å². The Morgan fingerprint density at radius 2 is 1.89 bits per heavy atom. The van der Waals surface area contributed by atoms with E-state index in [2.05, 4.69) is 23.7 Å². The molecular weight excluding hydrogens is 356 g/mol. The van der Waals surface area contributed by atoms with Crippen molar-refractivity contribution in [3.8, 4) is 11.5 Å². The van der Waals surface area contributed by atoms with Crippen LogP contribution in [0, 0.1) is 6.92 Å². The second kappa shape index (κ2) is 7.55. The highest BCUT2D eigenvalue weighted by Gasteiger charge is 2.28. The van der Waals surface area contributed by atoms with Crippen LogP contribution in [0.4, 0.5) is 0 Å². The number of benzene rings is 2. The molecule has 0 aliphatic carbocycles. The molecule has 138 valence electrons. The fourth-order valence-electron chi connectivity index (χ4n) is 3.45. The molecule has 2 unspecified atom stereocenters. The van der Waals surface area contributed by atoms with Crippen molar-refractivity contribution in [2.45, 2.75) is 25.6 Å². The largest absolute Gasteiger partial charge is 0.508 e. The van der Waals surface area contributed by atoms with Crippen LogP contribution < -0.4 is 10.1 Å². The number of aliphatic imine (C=N–C) groups is 1. The fourth-order valence-corrected chi connectivity index (χ4v) is 4.37. The number of hydrogen-bond donors (Lipinski definition) is 2. The Labute approximate surface area is 163 Å². The number of aryl methyl sites for hydroxylation is 1. The average Bonchev–Trinajstić information content (AvgIpc) is 3.14. The number of para-hydroxylation sites is 1. The van der Waals surface area contributed by atoms with Crippen molar-refractivity contribution in [1.82, 2.24) is 5.32 Å². The lowest BCUT2D eigenvalue weighted by atomic mass is 9.94. The average molecular weight is 378 g/mol. The monoisotopic (exact) mass is 378 g/mol. The molecule has 1 aromatic heterocycles. The summed E-state index contributed by atoms with van der Waals surface area (Å²) < 4.78 is 5.27. The predicted octanol–water partition coefficient (Wildman–Crippen LogP) is 4.99. The Morgan fingerprint density at radius 3 is 2.56 bits per heavy atom. The van der Waals surface area contributed by atoms with Crippen LogP contribution in [-0.2, 0) is 0 Å². The zero-order valence-corrected chi connectivity index (χ0v) is 16.2. The lowest BCUT2D eigenvalue weighted by molar-refractivity contribution is 0.413. The van der Waals surface area contributed by atoms with Gasteiger partial charge in [0.2, 0.25) is 0 Å². The number of hydrogen-bond acceptors (Lipinski definition) is 5. The minimum Gasteiger partial charge on any atom is -0.508 e. The van der Waals surface area contributed by atoms with Crippen LogP contribution in [0.3, 0.4) is 0 Å². The lowest BCUT2D eigenvalue weighted by Crippen LogP contribution is -2.33. The highest BCUT2D eigenvalue weighted by Crippen LogP contribution is 2.36. The van der Waals surface area contributed by atoms with E-state index in [0.717, 1.165) is 22.6 Å². The van der Waals surface area contributed by atoms with Gasteiger partial charge in [0.25, 0.3) is 0 Å². The predicted molar refractivity (Wildman–Crippen MR) is 110 cm³/mol. The molecule has 0 amide bonds. The molecule has 0 radical (unpaired) electrons. The first kappa shape index (κ1) is 17.8. The zero-order valence-electron chi connectivity index (χ0n) is 15.3. The molecule has 2 N–H and O–H groups in total. The Bertz CT molecular complexity index is 962. The van der Waals surface area contributed by atoms with Crippen LogP contribution in [0.2, 0.25) is 0 Å². The third kappa shape index (κ3) is 3.61. The first-order valence-electron chi connectivity index (χ1n) is 8.94. The summed E-state index contributed by atoms with van der Waals surface area (Å²) in [6, 6.07) is 17.6. The van der Waals surface area contributed by atoms with E-state index in [1.54, 1.807) is 24.5 Å². The smallest absolute Gasteiger partial charge is 0.135 e. The van der Waals surface area contributed by atoms with Crippen LogP contribution >= 0.6 is 11.3 Å². The molecule has 2 aromatic carbocycles. The summed E-state index contributed by atoms with van der Waals surface area (Å²) in [4.78, 5) is 6.22. The number of thiophene rings is 1. The van der Waals surface area contributed by atoms with E-state index in [1.165, 1.54) is 10.4 Å². The Balaban J connectivity index is 1.74. The molecule has 4 rings (SSSR count). The number of methoxy groups -OCH3 is 1. The van der Waals surface area contributed by atoms with Crippen molar-refractivity contribution in [3.05, 3.63) is 81.5 Å². The zero-order chi connectivity index (χ0) is 18.8. The van der Waals surface area contributed by atoms with E-state index < -0.39 is 0 Å². The normalized spacial score (nSPS) is 19.6. The maximum absolute atomic E-state index is 10.4. The number of nitrogens with one attached hydrogen (secondary N) is 1. The molecule has 0 saturated heterocycles. The van der Waals surface area contributed by atoms with Gasteiger partial charge in [-0.2, -0.15) is 0 Å². The fraction of sp³-hybridized carbons (Fsp3) is 0.227. The molecule has 0 spiro atoms. The molecule has 0 saturated carbocycles. The first-order valence-corrected chi connectivity index (χ1v) is 9.82. The highest BCUT2D eigenvalue weighted by atomic mass is 32.1. The van der Waals surface area contributed by atoms with Crippen LogP contribution in [0.5, 0.6) is 11.5 Å². The van der Waals surface area contributed by atoms with Crippen molar-refractivity contribution < 1.29 is 9.84 Å². The van der Waals surface area contributed by atoms with Gasteiger partial charge in [-0.05, 0) is 59.8 Å². The first-order chi connectivity index (χ1) is 13.2. The molecule has 4 nitrogen and oxygen atoms in total. The summed E-state index contributed by atoms with van der Waals surface area (Å²) >= 11 is 1.71. The number of aromatic hydroxyl groups is 1. The number of rotatable bonds is 4.